The molecule has 2 rings (SSSR count). The molecule has 0 aliphatic rings. The summed E-state index contributed by atoms with van der Waals surface area (Å²) in [6.07, 6.45) is 1.71. The number of alkyl halides is 1. The zero-order chi connectivity index (χ0) is 9.10. The van der Waals surface area contributed by atoms with Crippen molar-refractivity contribution >= 4 is 27.0 Å². The fourth-order valence-electron chi connectivity index (χ4n) is 1.28. The molecule has 1 aromatic carbocycles. The summed E-state index contributed by atoms with van der Waals surface area (Å²) in [4.78, 5) is 7.24. The number of aromatic amines is 1. The molecule has 0 saturated carbocycles. The monoisotopic (exact) mass is 239 g/mol. The summed E-state index contributed by atoms with van der Waals surface area (Å²) in [7, 11) is 0. The predicted molar refractivity (Wildman–Crippen MR) is 56.7 cm³/mol. The highest BCUT2D eigenvalue weighted by Gasteiger charge is 1.96. The molecule has 1 aromatic heterocycles. The minimum Gasteiger partial charge on any atom is -0.345 e. The summed E-state index contributed by atoms with van der Waals surface area (Å²) < 4.78 is 0. The molecule has 0 amide bonds. The van der Waals surface area contributed by atoms with Gasteiger partial charge in [0, 0.05) is 6.54 Å². The molecule has 0 spiro atoms. The first-order valence-electron chi connectivity index (χ1n) is 4.09. The molecule has 0 bridgehead atoms. The van der Waals surface area contributed by atoms with Crippen molar-refractivity contribution in [2.24, 2.45) is 0 Å². The van der Waals surface area contributed by atoms with Gasteiger partial charge < -0.3 is 10.3 Å². The van der Waals surface area contributed by atoms with Crippen LogP contribution in [0.2, 0.25) is 0 Å². The second-order valence-corrected chi connectivity index (χ2v) is 3.38. The fourth-order valence-corrected chi connectivity index (χ4v) is 1.48. The molecule has 13 heavy (non-hydrogen) atoms. The number of halogens is 1. The Morgan fingerprint density at radius 2 is 2.38 bits per heavy atom. The van der Waals surface area contributed by atoms with Crippen LogP contribution in [0.1, 0.15) is 5.56 Å². The molecule has 0 aliphatic heterocycles. The number of rotatable bonds is 3. The van der Waals surface area contributed by atoms with Crippen LogP contribution in [-0.4, -0.2) is 15.4 Å². The van der Waals surface area contributed by atoms with Crippen molar-refractivity contribution < 1.29 is 0 Å². The summed E-state index contributed by atoms with van der Waals surface area (Å²) in [5.74, 6) is 0. The van der Waals surface area contributed by atoms with E-state index in [0.29, 0.717) is 0 Å². The predicted octanol–water partition coefficient (Wildman–Crippen LogP) is 2.00. The van der Waals surface area contributed by atoms with Crippen LogP contribution in [0.4, 0.5) is 0 Å². The molecule has 0 aliphatic carbocycles. The van der Waals surface area contributed by atoms with Crippen molar-refractivity contribution in [2.75, 3.05) is 5.45 Å². The Balaban J connectivity index is 2.26. The van der Waals surface area contributed by atoms with Gasteiger partial charge in [0.05, 0.1) is 22.8 Å². The normalized spacial score (nSPS) is 10.8. The first-order chi connectivity index (χ1) is 6.40. The maximum absolute atomic E-state index is 4.15. The van der Waals surface area contributed by atoms with Gasteiger partial charge in [-0.15, -0.1) is 0 Å². The topological polar surface area (TPSA) is 40.7 Å². The van der Waals surface area contributed by atoms with Crippen LogP contribution in [0.5, 0.6) is 0 Å². The van der Waals surface area contributed by atoms with E-state index >= 15 is 0 Å². The highest BCUT2D eigenvalue weighted by molar-refractivity contribution is 9.09. The van der Waals surface area contributed by atoms with Crippen LogP contribution in [0.3, 0.4) is 0 Å². The van der Waals surface area contributed by atoms with Crippen molar-refractivity contribution in [1.82, 2.24) is 15.3 Å². The Labute approximate surface area is 84.7 Å². The van der Waals surface area contributed by atoms with Gasteiger partial charge in [0.1, 0.15) is 0 Å². The van der Waals surface area contributed by atoms with Crippen molar-refractivity contribution in [3.05, 3.63) is 30.1 Å². The SMILES string of the molecule is BrCNCc1ccc2nc[nH]c2c1. The number of nitrogens with one attached hydrogen (secondary N) is 2. The minimum atomic E-state index is 0.814. The Kier molecular flexibility index (Phi) is 2.61. The summed E-state index contributed by atoms with van der Waals surface area (Å²) in [6.45, 7) is 0.875. The lowest BCUT2D eigenvalue weighted by molar-refractivity contribution is 0.803. The first kappa shape index (κ1) is 8.72. The van der Waals surface area contributed by atoms with Crippen molar-refractivity contribution in [1.29, 1.82) is 0 Å². The molecule has 4 heteroatoms. The smallest absolute Gasteiger partial charge is 0.0931 e. The lowest BCUT2D eigenvalue weighted by Crippen LogP contribution is -2.09. The van der Waals surface area contributed by atoms with Crippen LogP contribution in [0.25, 0.3) is 11.0 Å². The van der Waals surface area contributed by atoms with Gasteiger partial charge in [-0.3, -0.25) is 0 Å². The Hall–Kier alpha value is -0.870. The molecule has 0 atom stereocenters. The number of nitrogens with zero attached hydrogens (tertiary/aromatic N) is 1. The molecule has 2 N–H and O–H groups in total. The number of hydrogen-bond donors (Lipinski definition) is 2. The largest absolute Gasteiger partial charge is 0.345 e. The lowest BCUT2D eigenvalue weighted by Gasteiger charge is -2.00. The van der Waals surface area contributed by atoms with E-state index in [1.807, 2.05) is 6.07 Å². The number of hydrogen-bond acceptors (Lipinski definition) is 2. The standard InChI is InChI=1S/C9H10BrN3/c10-5-11-4-7-1-2-8-9(3-7)13-6-12-8/h1-3,6,11H,4-5H2,(H,12,13). The molecule has 0 radical (unpaired) electrons. The van der Waals surface area contributed by atoms with Gasteiger partial charge in [-0.1, -0.05) is 22.0 Å². The number of benzene rings is 1. The molecule has 2 aromatic rings. The second kappa shape index (κ2) is 3.89. The van der Waals surface area contributed by atoms with E-state index in [4.69, 9.17) is 0 Å². The van der Waals surface area contributed by atoms with Gasteiger partial charge in [0.2, 0.25) is 0 Å². The van der Waals surface area contributed by atoms with Crippen LogP contribution in [0, 0.1) is 0 Å². The lowest BCUT2D eigenvalue weighted by atomic mass is 10.2. The summed E-state index contributed by atoms with van der Waals surface area (Å²) in [6, 6.07) is 6.22. The third-order valence-corrected chi connectivity index (χ3v) is 2.30. The van der Waals surface area contributed by atoms with Gasteiger partial charge in [0.15, 0.2) is 0 Å². The average molecular weight is 240 g/mol. The van der Waals surface area contributed by atoms with Gasteiger partial charge in [-0.05, 0) is 17.7 Å². The summed E-state index contributed by atoms with van der Waals surface area (Å²) >= 11 is 3.32. The Morgan fingerprint density at radius 3 is 3.23 bits per heavy atom. The van der Waals surface area contributed by atoms with Crippen LogP contribution < -0.4 is 5.32 Å². The molecule has 3 nitrogen and oxygen atoms in total. The fraction of sp³-hybridized carbons (Fsp3) is 0.222. The minimum absolute atomic E-state index is 0.814. The third-order valence-electron chi connectivity index (χ3n) is 1.91. The van der Waals surface area contributed by atoms with Crippen LogP contribution >= 0.6 is 15.9 Å². The highest BCUT2D eigenvalue weighted by Crippen LogP contribution is 2.11. The molecule has 0 unspecified atom stereocenters. The second-order valence-electron chi connectivity index (χ2n) is 2.81. The van der Waals surface area contributed by atoms with E-state index in [9.17, 15) is 0 Å². The quantitative estimate of drug-likeness (QED) is 0.636. The summed E-state index contributed by atoms with van der Waals surface area (Å²) in [5.41, 5.74) is 4.18. The van der Waals surface area contributed by atoms with E-state index in [1.165, 1.54) is 5.56 Å². The average Bonchev–Trinajstić information content (AvgIpc) is 2.61. The van der Waals surface area contributed by atoms with E-state index in [-0.39, 0.29) is 0 Å². The van der Waals surface area contributed by atoms with E-state index < -0.39 is 0 Å². The molecule has 1 heterocycles. The van der Waals surface area contributed by atoms with E-state index in [0.717, 1.165) is 23.0 Å². The molecule has 0 saturated heterocycles. The van der Waals surface area contributed by atoms with Crippen molar-refractivity contribution in [2.45, 2.75) is 6.54 Å². The maximum Gasteiger partial charge on any atom is 0.0931 e. The van der Waals surface area contributed by atoms with Gasteiger partial charge >= 0.3 is 0 Å². The summed E-state index contributed by atoms with van der Waals surface area (Å²) in [5, 5.41) is 3.20. The Bertz CT molecular complexity index is 396. The zero-order valence-electron chi connectivity index (χ0n) is 7.05. The molecular formula is C9H10BrN3. The molecular weight excluding hydrogens is 230 g/mol. The number of H-pyrrole nitrogens is 1. The van der Waals surface area contributed by atoms with Gasteiger partial charge in [-0.25, -0.2) is 4.98 Å². The molecule has 0 fully saturated rings. The third kappa shape index (κ3) is 1.89. The number of aromatic nitrogens is 2. The van der Waals surface area contributed by atoms with Crippen LogP contribution in [-0.2, 0) is 6.54 Å². The maximum atomic E-state index is 4.15. The highest BCUT2D eigenvalue weighted by atomic mass is 79.9. The zero-order valence-corrected chi connectivity index (χ0v) is 8.63. The number of fused-ring (bicyclic) bond motifs is 1. The van der Waals surface area contributed by atoms with Crippen molar-refractivity contribution in [3.63, 3.8) is 0 Å². The van der Waals surface area contributed by atoms with Crippen LogP contribution in [0.15, 0.2) is 24.5 Å². The van der Waals surface area contributed by atoms with Crippen molar-refractivity contribution in [3.8, 4) is 0 Å². The Morgan fingerprint density at radius 1 is 1.46 bits per heavy atom. The van der Waals surface area contributed by atoms with E-state index in [2.05, 4.69) is 43.3 Å². The number of imidazole rings is 1. The van der Waals surface area contributed by atoms with E-state index in [1.54, 1.807) is 6.33 Å². The molecule has 68 valence electrons. The van der Waals surface area contributed by atoms with Gasteiger partial charge in [-0.2, -0.15) is 0 Å². The first-order valence-corrected chi connectivity index (χ1v) is 5.21. The van der Waals surface area contributed by atoms with Gasteiger partial charge in [0.25, 0.3) is 0 Å².